The average molecular weight is 506 g/mol. The molecule has 3 aromatic heterocycles. The van der Waals surface area contributed by atoms with Gasteiger partial charge in [0.2, 0.25) is 11.8 Å². The van der Waals surface area contributed by atoms with Crippen molar-refractivity contribution in [1.29, 1.82) is 0 Å². The van der Waals surface area contributed by atoms with Gasteiger partial charge in [-0.25, -0.2) is 14.4 Å². The van der Waals surface area contributed by atoms with Gasteiger partial charge in [-0.1, -0.05) is 32.3 Å². The number of nitrogens with one attached hydrogen (secondary N) is 2. The molecule has 4 aromatic rings. The fraction of sp³-hybridized carbons (Fsp3) is 0.400. The van der Waals surface area contributed by atoms with Crippen LogP contribution >= 0.6 is 0 Å². The first kappa shape index (κ1) is 24.5. The number of aromatic nitrogens is 7. The van der Waals surface area contributed by atoms with Gasteiger partial charge in [0, 0.05) is 18.7 Å². The van der Waals surface area contributed by atoms with Crippen LogP contribution in [0.15, 0.2) is 35.4 Å². The molecule has 1 amide bonds. The van der Waals surface area contributed by atoms with E-state index in [0.717, 1.165) is 30.4 Å². The van der Waals surface area contributed by atoms with Crippen LogP contribution in [0.1, 0.15) is 73.7 Å². The lowest BCUT2D eigenvalue weighted by Gasteiger charge is -2.19. The summed E-state index contributed by atoms with van der Waals surface area (Å²) in [4.78, 5) is 29.9. The molecule has 11 nitrogen and oxygen atoms in total. The van der Waals surface area contributed by atoms with Crippen molar-refractivity contribution in [3.63, 3.8) is 0 Å². The minimum atomic E-state index is -0.479. The third kappa shape index (κ3) is 5.32. The molecule has 12 heteroatoms. The molecule has 5 rings (SSSR count). The Morgan fingerprint density at radius 3 is 2.76 bits per heavy atom. The summed E-state index contributed by atoms with van der Waals surface area (Å²) in [5.74, 6) is -0.0885. The first-order chi connectivity index (χ1) is 17.7. The number of carbonyl (C=O) groups excluding carboxylic acids is 1. The summed E-state index contributed by atoms with van der Waals surface area (Å²) in [5, 5.41) is 14.0. The highest BCUT2D eigenvalue weighted by Crippen LogP contribution is 2.33. The molecule has 0 spiro atoms. The standard InChI is InChI=1S/C25H28FN9O2/c1-25(2,3)23-32-21(34-37-23)22(36)31-19-8-6-5-7-14-9-17(18(26)10-16(14)19)20-27-13-28-24(33-20)30-15-11-29-35(4)12-15/h9-13,19H,5-8H2,1-4H3,(H,31,36)(H,27,28,30,33). The third-order valence-corrected chi connectivity index (χ3v) is 6.14. The van der Waals surface area contributed by atoms with Gasteiger partial charge in [-0.3, -0.25) is 9.48 Å². The lowest BCUT2D eigenvalue weighted by molar-refractivity contribution is 0.0920. The largest absolute Gasteiger partial charge is 0.342 e. The molecule has 2 N–H and O–H groups in total. The summed E-state index contributed by atoms with van der Waals surface area (Å²) in [6.45, 7) is 5.78. The second kappa shape index (κ2) is 9.68. The molecule has 0 fully saturated rings. The first-order valence-corrected chi connectivity index (χ1v) is 12.1. The zero-order valence-electron chi connectivity index (χ0n) is 21.1. The van der Waals surface area contributed by atoms with Crippen LogP contribution in [0, 0.1) is 5.82 Å². The fourth-order valence-corrected chi connectivity index (χ4v) is 4.26. The van der Waals surface area contributed by atoms with Crippen molar-refractivity contribution < 1.29 is 13.7 Å². The van der Waals surface area contributed by atoms with Crippen LogP contribution in [-0.4, -0.2) is 40.8 Å². The van der Waals surface area contributed by atoms with Crippen molar-refractivity contribution in [3.8, 4) is 11.4 Å². The molecular weight excluding hydrogens is 477 g/mol. The van der Waals surface area contributed by atoms with Crippen LogP contribution < -0.4 is 10.6 Å². The van der Waals surface area contributed by atoms with E-state index in [-0.39, 0.29) is 34.6 Å². The minimum Gasteiger partial charge on any atom is -0.342 e. The number of nitrogens with zero attached hydrogens (tertiary/aromatic N) is 7. The third-order valence-electron chi connectivity index (χ3n) is 6.14. The highest BCUT2D eigenvalue weighted by molar-refractivity contribution is 5.90. The van der Waals surface area contributed by atoms with E-state index in [1.54, 1.807) is 30.2 Å². The van der Waals surface area contributed by atoms with E-state index in [9.17, 15) is 4.79 Å². The number of aryl methyl sites for hydroxylation is 2. The van der Waals surface area contributed by atoms with Crippen LogP contribution in [0.2, 0.25) is 0 Å². The Balaban J connectivity index is 1.40. The summed E-state index contributed by atoms with van der Waals surface area (Å²) in [5.41, 5.74) is 2.27. The Hall–Kier alpha value is -4.22. The molecule has 0 saturated carbocycles. The quantitative estimate of drug-likeness (QED) is 0.385. The average Bonchev–Trinajstić information content (AvgIpc) is 3.47. The molecular formula is C25H28FN9O2. The topological polar surface area (TPSA) is 137 Å². The van der Waals surface area contributed by atoms with Crippen LogP contribution in [0.5, 0.6) is 0 Å². The fourth-order valence-electron chi connectivity index (χ4n) is 4.26. The lowest BCUT2D eigenvalue weighted by atomic mass is 9.96. The van der Waals surface area contributed by atoms with E-state index in [2.05, 4.69) is 40.8 Å². The predicted molar refractivity (Wildman–Crippen MR) is 132 cm³/mol. The number of fused-ring (bicyclic) bond motifs is 1. The van der Waals surface area contributed by atoms with E-state index in [0.29, 0.717) is 18.0 Å². The number of carbonyl (C=O) groups is 1. The van der Waals surface area contributed by atoms with Crippen molar-refractivity contribution in [2.45, 2.75) is 57.9 Å². The number of rotatable bonds is 5. The zero-order chi connectivity index (χ0) is 26.2. The highest BCUT2D eigenvalue weighted by atomic mass is 19.1. The second-order valence-corrected chi connectivity index (χ2v) is 10.1. The molecule has 1 unspecified atom stereocenters. The van der Waals surface area contributed by atoms with Crippen molar-refractivity contribution in [2.75, 3.05) is 5.32 Å². The number of benzene rings is 1. The Labute approximate surface area is 212 Å². The molecule has 0 bridgehead atoms. The molecule has 1 atom stereocenters. The number of anilines is 2. The van der Waals surface area contributed by atoms with Gasteiger partial charge in [0.15, 0.2) is 5.82 Å². The summed E-state index contributed by atoms with van der Waals surface area (Å²) in [7, 11) is 1.80. The SMILES string of the molecule is Cn1cc(Nc2ncnc(-c3cc4c(cc3F)C(NC(=O)c3noc(C(C)(C)C)n3)CCCC4)n2)cn1. The minimum absolute atomic E-state index is 0.0355. The summed E-state index contributed by atoms with van der Waals surface area (Å²) >= 11 is 0. The van der Waals surface area contributed by atoms with E-state index >= 15 is 4.39 Å². The van der Waals surface area contributed by atoms with Crippen LogP contribution in [0.4, 0.5) is 16.0 Å². The van der Waals surface area contributed by atoms with Gasteiger partial charge in [-0.2, -0.15) is 15.1 Å². The summed E-state index contributed by atoms with van der Waals surface area (Å²) in [6, 6.07) is 2.85. The van der Waals surface area contributed by atoms with Gasteiger partial charge in [-0.05, 0) is 42.5 Å². The van der Waals surface area contributed by atoms with E-state index < -0.39 is 11.7 Å². The van der Waals surface area contributed by atoms with E-state index in [1.807, 2.05) is 20.8 Å². The molecule has 0 radical (unpaired) electrons. The second-order valence-electron chi connectivity index (χ2n) is 10.1. The Morgan fingerprint density at radius 1 is 1.19 bits per heavy atom. The van der Waals surface area contributed by atoms with Gasteiger partial charge >= 0.3 is 0 Å². The normalized spacial score (nSPS) is 15.6. The van der Waals surface area contributed by atoms with E-state index in [1.165, 1.54) is 12.4 Å². The maximum Gasteiger partial charge on any atom is 0.293 e. The highest BCUT2D eigenvalue weighted by Gasteiger charge is 2.28. The smallest absolute Gasteiger partial charge is 0.293 e. The molecule has 1 aromatic carbocycles. The van der Waals surface area contributed by atoms with Gasteiger partial charge < -0.3 is 15.2 Å². The predicted octanol–water partition coefficient (Wildman–Crippen LogP) is 4.03. The Bertz CT molecular complexity index is 1440. The molecule has 1 aliphatic carbocycles. The molecule has 192 valence electrons. The van der Waals surface area contributed by atoms with Crippen molar-refractivity contribution in [3.05, 3.63) is 59.5 Å². The van der Waals surface area contributed by atoms with Crippen molar-refractivity contribution >= 4 is 17.5 Å². The monoisotopic (exact) mass is 505 g/mol. The van der Waals surface area contributed by atoms with Crippen LogP contribution in [0.25, 0.3) is 11.4 Å². The Morgan fingerprint density at radius 2 is 2.03 bits per heavy atom. The van der Waals surface area contributed by atoms with Crippen molar-refractivity contribution in [2.24, 2.45) is 7.05 Å². The summed E-state index contributed by atoms with van der Waals surface area (Å²) in [6.07, 6.45) is 7.96. The Kier molecular flexibility index (Phi) is 6.40. The molecule has 1 aliphatic rings. The maximum atomic E-state index is 15.4. The molecule has 37 heavy (non-hydrogen) atoms. The molecule has 0 aliphatic heterocycles. The van der Waals surface area contributed by atoms with Crippen LogP contribution in [-0.2, 0) is 18.9 Å². The molecule has 3 heterocycles. The van der Waals surface area contributed by atoms with Crippen LogP contribution in [0.3, 0.4) is 0 Å². The van der Waals surface area contributed by atoms with Crippen molar-refractivity contribution in [1.82, 2.24) is 40.2 Å². The number of hydrogen-bond donors (Lipinski definition) is 2. The zero-order valence-corrected chi connectivity index (χ0v) is 21.1. The van der Waals surface area contributed by atoms with Gasteiger partial charge in [0.25, 0.3) is 11.7 Å². The first-order valence-electron chi connectivity index (χ1n) is 12.1. The molecule has 0 saturated heterocycles. The van der Waals surface area contributed by atoms with Gasteiger partial charge in [-0.15, -0.1) is 0 Å². The van der Waals surface area contributed by atoms with Gasteiger partial charge in [0.05, 0.1) is 23.5 Å². The lowest BCUT2D eigenvalue weighted by Crippen LogP contribution is -2.30. The number of amides is 1. The number of halogens is 1. The number of hydrogen-bond acceptors (Lipinski definition) is 9. The maximum absolute atomic E-state index is 15.4. The van der Waals surface area contributed by atoms with Gasteiger partial charge in [0.1, 0.15) is 12.1 Å². The summed E-state index contributed by atoms with van der Waals surface area (Å²) < 4.78 is 22.3. The van der Waals surface area contributed by atoms with E-state index in [4.69, 9.17) is 4.52 Å².